The highest BCUT2D eigenvalue weighted by molar-refractivity contribution is 5.52. The Bertz CT molecular complexity index is 1050. The second kappa shape index (κ2) is 9.09. The maximum atomic E-state index is 12.4. The molecule has 1 unspecified atom stereocenters. The normalized spacial score (nSPS) is 16.9. The number of benzene rings is 1. The van der Waals surface area contributed by atoms with Gasteiger partial charge >= 0.3 is 0 Å². The summed E-state index contributed by atoms with van der Waals surface area (Å²) >= 11 is 0. The number of ether oxygens (including phenoxy) is 2. The van der Waals surface area contributed by atoms with Crippen LogP contribution in [0.5, 0.6) is 11.5 Å². The zero-order valence-corrected chi connectivity index (χ0v) is 17.3. The predicted molar refractivity (Wildman–Crippen MR) is 115 cm³/mol. The van der Waals surface area contributed by atoms with Crippen molar-refractivity contribution in [2.24, 2.45) is 0 Å². The fourth-order valence-electron chi connectivity index (χ4n) is 4.10. The van der Waals surface area contributed by atoms with Crippen molar-refractivity contribution in [2.45, 2.75) is 31.8 Å². The number of aromatic nitrogens is 3. The topological polar surface area (TPSA) is 80.3 Å². The fourth-order valence-corrected chi connectivity index (χ4v) is 4.10. The third-order valence-electron chi connectivity index (χ3n) is 5.51. The van der Waals surface area contributed by atoms with Crippen LogP contribution >= 0.6 is 0 Å². The molecule has 1 atom stereocenters. The molecule has 2 aromatic heterocycles. The molecule has 1 aliphatic rings. The summed E-state index contributed by atoms with van der Waals surface area (Å²) in [6.45, 7) is 1.63. The van der Waals surface area contributed by atoms with E-state index in [2.05, 4.69) is 20.9 Å². The third-order valence-corrected chi connectivity index (χ3v) is 5.51. The molecule has 1 aromatic carbocycles. The zero-order valence-electron chi connectivity index (χ0n) is 17.3. The van der Waals surface area contributed by atoms with Crippen molar-refractivity contribution in [3.63, 3.8) is 0 Å². The zero-order chi connectivity index (χ0) is 20.9. The number of nitrogens with one attached hydrogen (secondary N) is 1. The number of pyridine rings is 1. The molecule has 0 saturated carbocycles. The number of para-hydroxylation sites is 1. The largest absolute Gasteiger partial charge is 0.493 e. The lowest BCUT2D eigenvalue weighted by Gasteiger charge is -2.35. The van der Waals surface area contributed by atoms with E-state index in [0.29, 0.717) is 12.4 Å². The maximum Gasteiger partial charge on any atom is 0.251 e. The molecular formula is C23H26N4O3. The highest BCUT2D eigenvalue weighted by atomic mass is 16.5. The first-order chi connectivity index (χ1) is 14.7. The number of H-pyrrole nitrogens is 1. The Morgan fingerprint density at radius 3 is 2.83 bits per heavy atom. The van der Waals surface area contributed by atoms with Gasteiger partial charge in [-0.1, -0.05) is 18.6 Å². The molecule has 0 radical (unpaired) electrons. The molecule has 30 heavy (non-hydrogen) atoms. The highest BCUT2D eigenvalue weighted by Crippen LogP contribution is 2.36. The molecule has 1 N–H and O–H groups in total. The molecule has 0 spiro atoms. The summed E-state index contributed by atoms with van der Waals surface area (Å²) in [5.74, 6) is 2.02. The van der Waals surface area contributed by atoms with E-state index in [0.717, 1.165) is 54.1 Å². The van der Waals surface area contributed by atoms with Gasteiger partial charge in [0.2, 0.25) is 0 Å². The number of nitrogens with zero attached hydrogens (tertiary/aromatic N) is 3. The molecule has 1 saturated heterocycles. The first-order valence-corrected chi connectivity index (χ1v) is 10.1. The van der Waals surface area contributed by atoms with E-state index in [-0.39, 0.29) is 11.6 Å². The molecule has 0 amide bonds. The second-order valence-corrected chi connectivity index (χ2v) is 7.40. The molecule has 156 valence electrons. The molecule has 7 heteroatoms. The van der Waals surface area contributed by atoms with Gasteiger partial charge in [-0.2, -0.15) is 0 Å². The summed E-state index contributed by atoms with van der Waals surface area (Å²) in [6, 6.07) is 11.3. The molecule has 0 bridgehead atoms. The first kappa shape index (κ1) is 20.1. The summed E-state index contributed by atoms with van der Waals surface area (Å²) in [4.78, 5) is 26.6. The van der Waals surface area contributed by atoms with Gasteiger partial charge in [-0.15, -0.1) is 0 Å². The van der Waals surface area contributed by atoms with Crippen LogP contribution in [0.2, 0.25) is 0 Å². The average Bonchev–Trinajstić information content (AvgIpc) is 2.79. The van der Waals surface area contributed by atoms with E-state index in [9.17, 15) is 4.79 Å². The Hall–Kier alpha value is -3.19. The van der Waals surface area contributed by atoms with Crippen molar-refractivity contribution < 1.29 is 9.47 Å². The van der Waals surface area contributed by atoms with Crippen LogP contribution < -0.4 is 15.0 Å². The van der Waals surface area contributed by atoms with E-state index in [1.165, 1.54) is 0 Å². The van der Waals surface area contributed by atoms with Crippen LogP contribution in [0.15, 0.2) is 53.6 Å². The van der Waals surface area contributed by atoms with Crippen LogP contribution in [0.4, 0.5) is 0 Å². The lowest BCUT2D eigenvalue weighted by atomic mass is 9.98. The Labute approximate surface area is 175 Å². The van der Waals surface area contributed by atoms with Gasteiger partial charge < -0.3 is 14.5 Å². The minimum atomic E-state index is -0.150. The van der Waals surface area contributed by atoms with E-state index in [4.69, 9.17) is 14.5 Å². The third kappa shape index (κ3) is 4.21. The summed E-state index contributed by atoms with van der Waals surface area (Å²) in [7, 11) is 3.30. The Kier molecular flexibility index (Phi) is 6.09. The fraction of sp³-hybridized carbons (Fsp3) is 0.348. The van der Waals surface area contributed by atoms with Gasteiger partial charge in [0.15, 0.2) is 11.5 Å². The molecule has 0 aliphatic carbocycles. The van der Waals surface area contributed by atoms with Crippen LogP contribution in [0.3, 0.4) is 0 Å². The Morgan fingerprint density at radius 2 is 2.07 bits per heavy atom. The molecule has 3 aromatic rings. The van der Waals surface area contributed by atoms with Gasteiger partial charge in [0.25, 0.3) is 5.56 Å². The lowest BCUT2D eigenvalue weighted by Crippen LogP contribution is -2.34. The smallest absolute Gasteiger partial charge is 0.251 e. The maximum absolute atomic E-state index is 12.4. The Morgan fingerprint density at radius 1 is 1.17 bits per heavy atom. The van der Waals surface area contributed by atoms with Gasteiger partial charge in [0.05, 0.1) is 26.0 Å². The monoisotopic (exact) mass is 406 g/mol. The lowest BCUT2D eigenvalue weighted by molar-refractivity contribution is 0.135. The SMILES string of the molecule is COc1cccc(CN2CCCCC2c2cc(=O)[nH]c(-c3cccnc3)n2)c1OC. The molecule has 1 fully saturated rings. The Balaban J connectivity index is 1.67. The number of methoxy groups -OCH3 is 2. The van der Waals surface area contributed by atoms with Crippen molar-refractivity contribution in [3.8, 4) is 22.9 Å². The van der Waals surface area contributed by atoms with Crippen LogP contribution in [0, 0.1) is 0 Å². The molecular weight excluding hydrogens is 380 g/mol. The first-order valence-electron chi connectivity index (χ1n) is 10.1. The molecule has 7 nitrogen and oxygen atoms in total. The van der Waals surface area contributed by atoms with Crippen LogP contribution in [0.25, 0.3) is 11.4 Å². The summed E-state index contributed by atoms with van der Waals surface area (Å²) in [6.07, 6.45) is 6.58. The average molecular weight is 406 g/mol. The van der Waals surface area contributed by atoms with Gasteiger partial charge in [0.1, 0.15) is 5.82 Å². The summed E-state index contributed by atoms with van der Waals surface area (Å²) < 4.78 is 11.1. The van der Waals surface area contributed by atoms with E-state index in [1.807, 2.05) is 24.3 Å². The van der Waals surface area contributed by atoms with Gasteiger partial charge in [-0.25, -0.2) is 4.98 Å². The second-order valence-electron chi connectivity index (χ2n) is 7.40. The standard InChI is InChI=1S/C23H26N4O3/c1-29-20-10-5-7-17(22(20)30-2)15-27-12-4-3-9-19(27)18-13-21(28)26-23(25-18)16-8-6-11-24-14-16/h5-8,10-11,13-14,19H,3-4,9,12,15H2,1-2H3,(H,25,26,28). The number of hydrogen-bond acceptors (Lipinski definition) is 6. The van der Waals surface area contributed by atoms with Crippen LogP contribution in [0.1, 0.15) is 36.6 Å². The molecule has 1 aliphatic heterocycles. The molecule has 3 heterocycles. The number of rotatable bonds is 6. The quantitative estimate of drug-likeness (QED) is 0.674. The van der Waals surface area contributed by atoms with E-state index in [1.54, 1.807) is 32.7 Å². The van der Waals surface area contributed by atoms with Crippen molar-refractivity contribution >= 4 is 0 Å². The predicted octanol–water partition coefficient (Wildman–Crippen LogP) is 3.58. The minimum absolute atomic E-state index is 0.0624. The van der Waals surface area contributed by atoms with E-state index < -0.39 is 0 Å². The van der Waals surface area contributed by atoms with Crippen molar-refractivity contribution in [2.75, 3.05) is 20.8 Å². The minimum Gasteiger partial charge on any atom is -0.493 e. The summed E-state index contributed by atoms with van der Waals surface area (Å²) in [5.41, 5.74) is 2.50. The number of aromatic amines is 1. The van der Waals surface area contributed by atoms with Crippen molar-refractivity contribution in [1.82, 2.24) is 19.9 Å². The van der Waals surface area contributed by atoms with Crippen molar-refractivity contribution in [3.05, 3.63) is 70.4 Å². The van der Waals surface area contributed by atoms with Gasteiger partial charge in [0, 0.05) is 36.1 Å². The highest BCUT2D eigenvalue weighted by Gasteiger charge is 2.27. The van der Waals surface area contributed by atoms with Gasteiger partial charge in [-0.05, 0) is 37.6 Å². The van der Waals surface area contributed by atoms with Crippen LogP contribution in [-0.2, 0) is 6.54 Å². The number of hydrogen-bond donors (Lipinski definition) is 1. The molecule has 4 rings (SSSR count). The number of likely N-dealkylation sites (tertiary alicyclic amines) is 1. The van der Waals surface area contributed by atoms with Crippen LogP contribution in [-0.4, -0.2) is 40.6 Å². The van der Waals surface area contributed by atoms with Gasteiger partial charge in [-0.3, -0.25) is 14.7 Å². The van der Waals surface area contributed by atoms with E-state index >= 15 is 0 Å². The summed E-state index contributed by atoms with van der Waals surface area (Å²) in [5, 5.41) is 0. The number of piperidine rings is 1. The van der Waals surface area contributed by atoms with Crippen molar-refractivity contribution in [1.29, 1.82) is 0 Å².